The minimum absolute atomic E-state index is 0.246. The average Bonchev–Trinajstić information content (AvgIpc) is 2.36. The molecule has 0 unspecified atom stereocenters. The summed E-state index contributed by atoms with van der Waals surface area (Å²) in [7, 11) is 0. The first kappa shape index (κ1) is 8.52. The Labute approximate surface area is 70.7 Å². The van der Waals surface area contributed by atoms with Crippen LogP contribution < -0.4 is 5.32 Å². The van der Waals surface area contributed by atoms with Crippen molar-refractivity contribution in [1.29, 1.82) is 0 Å². The van der Waals surface area contributed by atoms with E-state index in [1.807, 2.05) is 13.8 Å². The number of carbonyl (C=O) groups is 1. The number of aromatic nitrogens is 2. The molecule has 1 amide bonds. The number of aryl methyl sites for hydroxylation is 1. The number of aromatic amines is 1. The Morgan fingerprint density at radius 2 is 2.33 bits per heavy atom. The first-order valence-corrected chi connectivity index (χ1v) is 3.60. The first-order chi connectivity index (χ1) is 5.65. The van der Waals surface area contributed by atoms with Crippen molar-refractivity contribution in [2.45, 2.75) is 13.8 Å². The van der Waals surface area contributed by atoms with Gasteiger partial charge in [-0.05, 0) is 19.9 Å². The van der Waals surface area contributed by atoms with Gasteiger partial charge in [0, 0.05) is 11.3 Å². The highest BCUT2D eigenvalue weighted by atomic mass is 16.1. The summed E-state index contributed by atoms with van der Waals surface area (Å²) in [5.74, 6) is 0.321. The topological polar surface area (TPSA) is 57.8 Å². The molecule has 64 valence electrons. The zero-order valence-corrected chi connectivity index (χ0v) is 7.14. The number of carbonyl (C=O) groups excluding carboxylic acids is 1. The summed E-state index contributed by atoms with van der Waals surface area (Å²) >= 11 is 0. The monoisotopic (exact) mass is 165 g/mol. The number of rotatable bonds is 2. The predicted molar refractivity (Wildman–Crippen MR) is 46.9 cm³/mol. The minimum atomic E-state index is -0.246. The molecule has 0 spiro atoms. The van der Waals surface area contributed by atoms with E-state index in [4.69, 9.17) is 0 Å². The fourth-order valence-electron chi connectivity index (χ4n) is 0.774. The zero-order chi connectivity index (χ0) is 9.14. The second-order valence-corrected chi connectivity index (χ2v) is 2.52. The van der Waals surface area contributed by atoms with E-state index >= 15 is 0 Å². The molecule has 4 nitrogen and oxygen atoms in total. The van der Waals surface area contributed by atoms with Crippen LogP contribution in [0.4, 0.5) is 5.82 Å². The lowest BCUT2D eigenvalue weighted by molar-refractivity contribution is -0.111. The molecule has 1 rings (SSSR count). The minimum Gasteiger partial charge on any atom is -0.305 e. The van der Waals surface area contributed by atoms with E-state index in [2.05, 4.69) is 22.1 Å². The SMILES string of the molecule is C=CC(=O)Nc1n[nH]c(C)c1C. The van der Waals surface area contributed by atoms with Crippen LogP contribution in [-0.2, 0) is 4.79 Å². The lowest BCUT2D eigenvalue weighted by Crippen LogP contribution is -2.08. The number of H-pyrrole nitrogens is 1. The second kappa shape index (κ2) is 3.21. The molecule has 2 N–H and O–H groups in total. The fourth-order valence-corrected chi connectivity index (χ4v) is 0.774. The highest BCUT2D eigenvalue weighted by Gasteiger charge is 2.05. The molecular formula is C8H11N3O. The van der Waals surface area contributed by atoms with Crippen LogP contribution in [0.2, 0.25) is 0 Å². The van der Waals surface area contributed by atoms with Gasteiger partial charge in [-0.15, -0.1) is 0 Å². The van der Waals surface area contributed by atoms with Gasteiger partial charge in [-0.1, -0.05) is 6.58 Å². The Kier molecular flexibility index (Phi) is 2.28. The summed E-state index contributed by atoms with van der Waals surface area (Å²) in [6.07, 6.45) is 1.21. The summed E-state index contributed by atoms with van der Waals surface area (Å²) < 4.78 is 0. The molecule has 4 heteroatoms. The van der Waals surface area contributed by atoms with E-state index in [9.17, 15) is 4.79 Å². The van der Waals surface area contributed by atoms with Gasteiger partial charge in [-0.25, -0.2) is 0 Å². The van der Waals surface area contributed by atoms with Crippen molar-refractivity contribution in [2.75, 3.05) is 5.32 Å². The molecule has 1 aromatic heterocycles. The Bertz CT molecular complexity index is 314. The lowest BCUT2D eigenvalue weighted by Gasteiger charge is -1.97. The average molecular weight is 165 g/mol. The number of nitrogens with zero attached hydrogens (tertiary/aromatic N) is 1. The summed E-state index contributed by atoms with van der Waals surface area (Å²) in [4.78, 5) is 10.9. The van der Waals surface area contributed by atoms with Crippen LogP contribution in [0.1, 0.15) is 11.3 Å². The van der Waals surface area contributed by atoms with Crippen LogP contribution in [0.3, 0.4) is 0 Å². The fraction of sp³-hybridized carbons (Fsp3) is 0.250. The van der Waals surface area contributed by atoms with Gasteiger partial charge in [0.25, 0.3) is 0 Å². The van der Waals surface area contributed by atoms with Crippen LogP contribution >= 0.6 is 0 Å². The zero-order valence-electron chi connectivity index (χ0n) is 7.14. The Morgan fingerprint density at radius 1 is 1.67 bits per heavy atom. The van der Waals surface area contributed by atoms with Gasteiger partial charge in [-0.2, -0.15) is 5.10 Å². The molecule has 0 aliphatic rings. The van der Waals surface area contributed by atoms with Gasteiger partial charge in [0.15, 0.2) is 5.82 Å². The molecule has 0 aromatic carbocycles. The van der Waals surface area contributed by atoms with E-state index in [-0.39, 0.29) is 5.91 Å². The summed E-state index contributed by atoms with van der Waals surface area (Å²) in [5, 5.41) is 9.25. The molecule has 0 radical (unpaired) electrons. The quantitative estimate of drug-likeness (QED) is 0.646. The van der Waals surface area contributed by atoms with Gasteiger partial charge in [-0.3, -0.25) is 9.89 Å². The number of amides is 1. The maximum absolute atomic E-state index is 10.9. The maximum atomic E-state index is 10.9. The van der Waals surface area contributed by atoms with Crippen molar-refractivity contribution in [3.05, 3.63) is 23.9 Å². The number of hydrogen-bond donors (Lipinski definition) is 2. The van der Waals surface area contributed by atoms with Gasteiger partial charge in [0.2, 0.25) is 5.91 Å². The summed E-state index contributed by atoms with van der Waals surface area (Å²) in [5.41, 5.74) is 1.90. The first-order valence-electron chi connectivity index (χ1n) is 3.60. The highest BCUT2D eigenvalue weighted by Crippen LogP contribution is 2.13. The number of nitrogens with one attached hydrogen (secondary N) is 2. The van der Waals surface area contributed by atoms with E-state index < -0.39 is 0 Å². The summed E-state index contributed by atoms with van der Waals surface area (Å²) in [6, 6.07) is 0. The molecule has 0 aliphatic heterocycles. The lowest BCUT2D eigenvalue weighted by atomic mass is 10.3. The number of hydrogen-bond acceptors (Lipinski definition) is 2. The van der Waals surface area contributed by atoms with Crippen LogP contribution in [0.25, 0.3) is 0 Å². The van der Waals surface area contributed by atoms with E-state index in [1.165, 1.54) is 6.08 Å². The van der Waals surface area contributed by atoms with Crippen molar-refractivity contribution in [3.8, 4) is 0 Å². The highest BCUT2D eigenvalue weighted by molar-refractivity contribution is 5.98. The van der Waals surface area contributed by atoms with Gasteiger partial charge < -0.3 is 5.32 Å². The smallest absolute Gasteiger partial charge is 0.248 e. The van der Waals surface area contributed by atoms with E-state index in [0.29, 0.717) is 5.82 Å². The molecule has 0 saturated carbocycles. The third kappa shape index (κ3) is 1.53. The van der Waals surface area contributed by atoms with Crippen molar-refractivity contribution < 1.29 is 4.79 Å². The normalized spacial score (nSPS) is 9.50. The Hall–Kier alpha value is -1.58. The van der Waals surface area contributed by atoms with Crippen LogP contribution in [-0.4, -0.2) is 16.1 Å². The second-order valence-electron chi connectivity index (χ2n) is 2.52. The molecular weight excluding hydrogens is 154 g/mol. The van der Waals surface area contributed by atoms with Crippen molar-refractivity contribution in [2.24, 2.45) is 0 Å². The van der Waals surface area contributed by atoms with Crippen LogP contribution in [0.15, 0.2) is 12.7 Å². The third-order valence-electron chi connectivity index (χ3n) is 1.68. The maximum Gasteiger partial charge on any atom is 0.248 e. The Morgan fingerprint density at radius 3 is 2.75 bits per heavy atom. The molecule has 0 bridgehead atoms. The number of anilines is 1. The largest absolute Gasteiger partial charge is 0.305 e. The standard InChI is InChI=1S/C8H11N3O/c1-4-7(12)9-8-5(2)6(3)10-11-8/h4H,1H2,2-3H3,(H2,9,10,11,12). The Balaban J connectivity index is 2.82. The molecule has 0 saturated heterocycles. The van der Waals surface area contributed by atoms with Crippen LogP contribution in [0.5, 0.6) is 0 Å². The molecule has 12 heavy (non-hydrogen) atoms. The van der Waals surface area contributed by atoms with Crippen LogP contribution in [0, 0.1) is 13.8 Å². The predicted octanol–water partition coefficient (Wildman–Crippen LogP) is 1.15. The third-order valence-corrected chi connectivity index (χ3v) is 1.68. The molecule has 1 heterocycles. The van der Waals surface area contributed by atoms with Crippen molar-refractivity contribution in [3.63, 3.8) is 0 Å². The molecule has 1 aromatic rings. The van der Waals surface area contributed by atoms with Gasteiger partial charge in [0.05, 0.1) is 0 Å². The summed E-state index contributed by atoms with van der Waals surface area (Å²) in [6.45, 7) is 7.12. The van der Waals surface area contributed by atoms with E-state index in [0.717, 1.165) is 11.3 Å². The van der Waals surface area contributed by atoms with Gasteiger partial charge in [0.1, 0.15) is 0 Å². The van der Waals surface area contributed by atoms with Crippen molar-refractivity contribution >= 4 is 11.7 Å². The van der Waals surface area contributed by atoms with Crippen molar-refractivity contribution in [1.82, 2.24) is 10.2 Å². The molecule has 0 atom stereocenters. The van der Waals surface area contributed by atoms with Gasteiger partial charge >= 0.3 is 0 Å². The molecule has 0 fully saturated rings. The molecule has 0 aliphatic carbocycles. The van der Waals surface area contributed by atoms with E-state index in [1.54, 1.807) is 0 Å².